The number of rotatable bonds is 3. The lowest BCUT2D eigenvalue weighted by Gasteiger charge is -2.04. The second-order valence-electron chi connectivity index (χ2n) is 2.67. The van der Waals surface area contributed by atoms with E-state index in [9.17, 15) is 4.79 Å². The number of hydrogen-bond acceptors (Lipinski definition) is 4. The van der Waals surface area contributed by atoms with Gasteiger partial charge in [-0.3, -0.25) is 9.98 Å². The molecule has 0 radical (unpaired) electrons. The fourth-order valence-corrected chi connectivity index (χ4v) is 0.746. The van der Waals surface area contributed by atoms with E-state index in [1.807, 2.05) is 13.8 Å². The molecule has 0 amide bonds. The predicted octanol–water partition coefficient (Wildman–Crippen LogP) is -0.00420. The van der Waals surface area contributed by atoms with Gasteiger partial charge in [0, 0.05) is 13.1 Å². The number of nitrogens with zero attached hydrogens (tertiary/aromatic N) is 2. The maximum Gasteiger partial charge on any atom is 0.360 e. The van der Waals surface area contributed by atoms with E-state index < -0.39 is 5.97 Å². The van der Waals surface area contributed by atoms with Gasteiger partial charge < -0.3 is 10.5 Å². The number of carbonyl (C=O) groups is 1. The van der Waals surface area contributed by atoms with Crippen LogP contribution in [-0.4, -0.2) is 37.7 Å². The Morgan fingerprint density at radius 2 is 2.00 bits per heavy atom. The van der Waals surface area contributed by atoms with E-state index in [2.05, 4.69) is 14.7 Å². The Morgan fingerprint density at radius 1 is 1.46 bits per heavy atom. The molecule has 0 unspecified atom stereocenters. The van der Waals surface area contributed by atoms with Gasteiger partial charge in [0.15, 0.2) is 11.5 Å². The van der Waals surface area contributed by atoms with E-state index in [1.54, 1.807) is 0 Å². The quantitative estimate of drug-likeness (QED) is 0.382. The number of aliphatic imine (C=N–C) groups is 2. The number of ether oxygens (including phenoxy) is 1. The summed E-state index contributed by atoms with van der Waals surface area (Å²) in [6.45, 7) is 3.72. The van der Waals surface area contributed by atoms with Gasteiger partial charge >= 0.3 is 5.97 Å². The molecular formula is C8H15N3O2. The highest BCUT2D eigenvalue weighted by molar-refractivity contribution is 6.65. The molecule has 0 aliphatic carbocycles. The van der Waals surface area contributed by atoms with Crippen molar-refractivity contribution in [2.75, 3.05) is 14.2 Å². The topological polar surface area (TPSA) is 77.0 Å². The van der Waals surface area contributed by atoms with Gasteiger partial charge in [0.1, 0.15) is 0 Å². The first kappa shape index (κ1) is 11.6. The molecular weight excluding hydrogens is 170 g/mol. The zero-order chi connectivity index (χ0) is 10.4. The summed E-state index contributed by atoms with van der Waals surface area (Å²) in [6.07, 6.45) is 0. The summed E-state index contributed by atoms with van der Waals surface area (Å²) < 4.78 is 4.48. The molecule has 0 atom stereocenters. The summed E-state index contributed by atoms with van der Waals surface area (Å²) in [7, 11) is 2.74. The van der Waals surface area contributed by atoms with Gasteiger partial charge in [-0.1, -0.05) is 0 Å². The summed E-state index contributed by atoms with van der Waals surface area (Å²) in [5, 5.41) is 0. The van der Waals surface area contributed by atoms with Gasteiger partial charge in [0.05, 0.1) is 7.11 Å². The van der Waals surface area contributed by atoms with Crippen LogP contribution in [0.2, 0.25) is 0 Å². The van der Waals surface area contributed by atoms with Gasteiger partial charge in [-0.2, -0.15) is 0 Å². The lowest BCUT2D eigenvalue weighted by atomic mass is 10.3. The van der Waals surface area contributed by atoms with Crippen molar-refractivity contribution in [3.63, 3.8) is 0 Å². The van der Waals surface area contributed by atoms with Gasteiger partial charge in [0.2, 0.25) is 0 Å². The molecule has 0 aliphatic rings. The molecule has 5 nitrogen and oxygen atoms in total. The Labute approximate surface area is 77.7 Å². The predicted molar refractivity (Wildman–Crippen MR) is 52.1 cm³/mol. The third-order valence-corrected chi connectivity index (χ3v) is 1.24. The summed E-state index contributed by atoms with van der Waals surface area (Å²) >= 11 is 0. The first-order valence-electron chi connectivity index (χ1n) is 3.91. The minimum Gasteiger partial charge on any atom is -0.464 e. The van der Waals surface area contributed by atoms with Crippen molar-refractivity contribution in [1.82, 2.24) is 0 Å². The molecule has 0 aromatic heterocycles. The van der Waals surface area contributed by atoms with Crippen LogP contribution in [-0.2, 0) is 9.53 Å². The molecule has 5 heteroatoms. The van der Waals surface area contributed by atoms with Crippen LogP contribution in [0.5, 0.6) is 0 Å². The Hall–Kier alpha value is -1.39. The maximum absolute atomic E-state index is 11.1. The molecule has 0 fully saturated rings. The molecule has 0 aromatic carbocycles. The van der Waals surface area contributed by atoms with Gasteiger partial charge in [0.25, 0.3) is 0 Å². The Morgan fingerprint density at radius 3 is 2.31 bits per heavy atom. The minimum atomic E-state index is -0.565. The van der Waals surface area contributed by atoms with Crippen molar-refractivity contribution in [2.45, 2.75) is 19.9 Å². The third-order valence-electron chi connectivity index (χ3n) is 1.24. The van der Waals surface area contributed by atoms with E-state index in [4.69, 9.17) is 5.73 Å². The van der Waals surface area contributed by atoms with E-state index in [1.165, 1.54) is 14.2 Å². The molecule has 13 heavy (non-hydrogen) atoms. The smallest absolute Gasteiger partial charge is 0.360 e. The number of carbonyl (C=O) groups excluding carboxylic acids is 1. The van der Waals surface area contributed by atoms with Crippen LogP contribution in [0, 0.1) is 0 Å². The minimum absolute atomic E-state index is 0.0291. The fourth-order valence-electron chi connectivity index (χ4n) is 0.746. The third kappa shape index (κ3) is 3.68. The van der Waals surface area contributed by atoms with Crippen molar-refractivity contribution >= 4 is 17.5 Å². The molecule has 0 aromatic rings. The van der Waals surface area contributed by atoms with Crippen molar-refractivity contribution in [3.05, 3.63) is 0 Å². The summed E-state index contributed by atoms with van der Waals surface area (Å²) in [4.78, 5) is 18.7. The van der Waals surface area contributed by atoms with Crippen molar-refractivity contribution in [2.24, 2.45) is 15.7 Å². The van der Waals surface area contributed by atoms with Crippen LogP contribution in [0.3, 0.4) is 0 Å². The molecule has 0 rings (SSSR count). The molecule has 0 spiro atoms. The highest BCUT2D eigenvalue weighted by Gasteiger charge is 2.15. The number of amidine groups is 1. The number of hydrogen-bond donors (Lipinski definition) is 1. The standard InChI is InChI=1S/C8H15N3O2/c1-5(2)11-7(9)6(10-3)8(12)13-4/h5H,1-4H3,(H2,9,11). The van der Waals surface area contributed by atoms with Gasteiger partial charge in [-0.15, -0.1) is 0 Å². The van der Waals surface area contributed by atoms with Crippen LogP contribution in [0.15, 0.2) is 9.98 Å². The molecule has 74 valence electrons. The van der Waals surface area contributed by atoms with Gasteiger partial charge in [-0.05, 0) is 13.8 Å². The van der Waals surface area contributed by atoms with Crippen LogP contribution >= 0.6 is 0 Å². The maximum atomic E-state index is 11.1. The largest absolute Gasteiger partial charge is 0.464 e. The monoisotopic (exact) mass is 185 g/mol. The normalized spacial score (nSPS) is 13.3. The van der Waals surface area contributed by atoms with Crippen molar-refractivity contribution in [1.29, 1.82) is 0 Å². The molecule has 0 heterocycles. The highest BCUT2D eigenvalue weighted by atomic mass is 16.5. The number of nitrogens with two attached hydrogens (primary N) is 1. The van der Waals surface area contributed by atoms with Crippen molar-refractivity contribution in [3.8, 4) is 0 Å². The molecule has 0 saturated carbocycles. The first-order chi connectivity index (χ1) is 6.02. The van der Waals surface area contributed by atoms with Crippen LogP contribution in [0.4, 0.5) is 0 Å². The van der Waals surface area contributed by atoms with Crippen LogP contribution in [0.1, 0.15) is 13.8 Å². The summed E-state index contributed by atoms with van der Waals surface area (Å²) in [5.74, 6) is -0.450. The second-order valence-corrected chi connectivity index (χ2v) is 2.67. The fraction of sp³-hybridized carbons (Fsp3) is 0.625. The first-order valence-corrected chi connectivity index (χ1v) is 3.91. The second kappa shape index (κ2) is 5.29. The van der Waals surface area contributed by atoms with E-state index >= 15 is 0 Å². The van der Waals surface area contributed by atoms with E-state index in [-0.39, 0.29) is 17.6 Å². The van der Waals surface area contributed by atoms with Crippen LogP contribution in [0.25, 0.3) is 0 Å². The lowest BCUT2D eigenvalue weighted by Crippen LogP contribution is -2.32. The average Bonchev–Trinajstić information content (AvgIpc) is 2.03. The lowest BCUT2D eigenvalue weighted by molar-refractivity contribution is -0.132. The molecule has 2 N–H and O–H groups in total. The Balaban J connectivity index is 4.71. The molecule has 0 saturated heterocycles. The zero-order valence-corrected chi connectivity index (χ0v) is 8.37. The zero-order valence-electron chi connectivity index (χ0n) is 8.37. The highest BCUT2D eigenvalue weighted by Crippen LogP contribution is 1.90. The number of esters is 1. The van der Waals surface area contributed by atoms with Crippen LogP contribution < -0.4 is 5.73 Å². The number of methoxy groups -OCH3 is 1. The molecule has 0 bridgehead atoms. The SMILES string of the molecule is CN=C(C(=O)OC)C(N)=NC(C)C. The van der Waals surface area contributed by atoms with Crippen molar-refractivity contribution < 1.29 is 9.53 Å². The summed E-state index contributed by atoms with van der Waals surface area (Å²) in [6, 6.07) is 0.0291. The summed E-state index contributed by atoms with van der Waals surface area (Å²) in [5.41, 5.74) is 5.59. The Kier molecular flexibility index (Phi) is 4.72. The van der Waals surface area contributed by atoms with E-state index in [0.717, 1.165) is 0 Å². The van der Waals surface area contributed by atoms with Gasteiger partial charge in [-0.25, -0.2) is 4.79 Å². The average molecular weight is 185 g/mol. The Bertz CT molecular complexity index is 244. The molecule has 0 aliphatic heterocycles. The van der Waals surface area contributed by atoms with E-state index in [0.29, 0.717) is 0 Å².